The van der Waals surface area contributed by atoms with E-state index in [1.807, 2.05) is 0 Å². The van der Waals surface area contributed by atoms with Gasteiger partial charge in [0.05, 0.1) is 0 Å². The van der Waals surface area contributed by atoms with E-state index in [0.29, 0.717) is 0 Å². The monoisotopic (exact) mass is 364 g/mol. The summed E-state index contributed by atoms with van der Waals surface area (Å²) in [5.74, 6) is 0. The second-order valence-electron chi connectivity index (χ2n) is 7.21. The van der Waals surface area contributed by atoms with Crippen molar-refractivity contribution in [2.45, 2.75) is 13.8 Å². The van der Waals surface area contributed by atoms with E-state index in [2.05, 4.69) is 123 Å². The van der Waals surface area contributed by atoms with E-state index in [-0.39, 0.29) is 0 Å². The van der Waals surface area contributed by atoms with Gasteiger partial charge >= 0.3 is 0 Å². The molecule has 0 heterocycles. The molecule has 0 saturated heterocycles. The predicted molar refractivity (Wildman–Crippen MR) is 120 cm³/mol. The minimum atomic E-state index is -2.35. The molecule has 0 aliphatic rings. The van der Waals surface area contributed by atoms with E-state index in [0.717, 1.165) is 0 Å². The minimum absolute atomic E-state index is 1.30. The topological polar surface area (TPSA) is 0 Å². The zero-order valence-corrected chi connectivity index (χ0v) is 16.9. The molecule has 0 bridgehead atoms. The summed E-state index contributed by atoms with van der Waals surface area (Å²) in [7, 11) is -2.35. The van der Waals surface area contributed by atoms with E-state index in [1.54, 1.807) is 0 Å². The molecule has 0 aromatic heterocycles. The molecule has 0 nitrogen and oxygen atoms in total. The van der Waals surface area contributed by atoms with E-state index in [1.165, 1.54) is 31.9 Å². The quantitative estimate of drug-likeness (QED) is 0.383. The van der Waals surface area contributed by atoms with Gasteiger partial charge < -0.3 is 0 Å². The number of rotatable bonds is 4. The fourth-order valence-corrected chi connectivity index (χ4v) is 8.70. The summed E-state index contributed by atoms with van der Waals surface area (Å²) in [6.45, 7) is 4.31. The molecule has 4 aromatic rings. The van der Waals surface area contributed by atoms with Crippen molar-refractivity contribution in [3.8, 4) is 0 Å². The van der Waals surface area contributed by atoms with Crippen LogP contribution in [0, 0.1) is 13.8 Å². The van der Waals surface area contributed by atoms with E-state index in [4.69, 9.17) is 0 Å². The Balaban J connectivity index is 2.11. The summed E-state index contributed by atoms with van der Waals surface area (Å²) in [5, 5.41) is 5.69. The zero-order valence-electron chi connectivity index (χ0n) is 15.9. The van der Waals surface area contributed by atoms with Crippen molar-refractivity contribution < 1.29 is 0 Å². The first-order chi connectivity index (χ1) is 13.2. The summed E-state index contributed by atoms with van der Waals surface area (Å²) < 4.78 is 0. The Morgan fingerprint density at radius 2 is 0.667 bits per heavy atom. The van der Waals surface area contributed by atoms with Crippen LogP contribution in [0.2, 0.25) is 0 Å². The predicted octanol–water partition coefficient (Wildman–Crippen LogP) is 3.68. The Hall–Kier alpha value is -2.90. The maximum absolute atomic E-state index is 2.35. The average Bonchev–Trinajstić information content (AvgIpc) is 2.73. The Kier molecular flexibility index (Phi) is 4.78. The molecular formula is C26H24Si. The first kappa shape index (κ1) is 17.5. The molecule has 27 heavy (non-hydrogen) atoms. The molecule has 0 aliphatic heterocycles. The van der Waals surface area contributed by atoms with Crippen LogP contribution in [0.4, 0.5) is 0 Å². The highest BCUT2D eigenvalue weighted by atomic mass is 28.3. The number of hydrogen-bond donors (Lipinski definition) is 0. The lowest BCUT2D eigenvalue weighted by molar-refractivity contribution is 1.48. The van der Waals surface area contributed by atoms with Gasteiger partial charge in [-0.2, -0.15) is 0 Å². The largest absolute Gasteiger partial charge is 0.179 e. The minimum Gasteiger partial charge on any atom is -0.0623 e. The van der Waals surface area contributed by atoms with Crippen LogP contribution in [0.15, 0.2) is 109 Å². The smallest absolute Gasteiger partial charge is 0.0623 e. The highest BCUT2D eigenvalue weighted by Gasteiger charge is 2.41. The molecule has 0 unspecified atom stereocenters. The molecule has 4 aromatic carbocycles. The normalized spacial score (nSPS) is 11.3. The third-order valence-corrected chi connectivity index (χ3v) is 10.2. The molecule has 0 radical (unpaired) electrons. The van der Waals surface area contributed by atoms with Crippen LogP contribution in [0.5, 0.6) is 0 Å². The Morgan fingerprint density at radius 3 is 1.00 bits per heavy atom. The molecule has 1 heteroatoms. The second-order valence-corrected chi connectivity index (χ2v) is 11.0. The number of benzene rings is 4. The lowest BCUT2D eigenvalue weighted by Crippen LogP contribution is -2.74. The molecule has 0 fully saturated rings. The van der Waals surface area contributed by atoms with Crippen LogP contribution in [0.3, 0.4) is 0 Å². The molecule has 4 rings (SSSR count). The molecule has 0 N–H and O–H groups in total. The molecule has 0 spiro atoms. The maximum Gasteiger partial charge on any atom is 0.179 e. The van der Waals surface area contributed by atoms with Crippen molar-refractivity contribution in [2.24, 2.45) is 0 Å². The summed E-state index contributed by atoms with van der Waals surface area (Å²) in [5.41, 5.74) is 2.60. The average molecular weight is 365 g/mol. The van der Waals surface area contributed by atoms with Gasteiger partial charge in [-0.3, -0.25) is 0 Å². The van der Waals surface area contributed by atoms with Crippen molar-refractivity contribution in [3.05, 3.63) is 120 Å². The van der Waals surface area contributed by atoms with Gasteiger partial charge in [0.1, 0.15) is 0 Å². The highest BCUT2D eigenvalue weighted by Crippen LogP contribution is 2.10. The van der Waals surface area contributed by atoms with Gasteiger partial charge in [0.15, 0.2) is 8.07 Å². The van der Waals surface area contributed by atoms with Crippen molar-refractivity contribution in [1.82, 2.24) is 0 Å². The Morgan fingerprint density at radius 1 is 0.370 bits per heavy atom. The highest BCUT2D eigenvalue weighted by molar-refractivity contribution is 7.19. The standard InChI is InChI=1S/C26H24Si/c1-21-13-17-25(18-14-21)27(23-9-5-3-6-10-23,24-11-7-4-8-12-24)26-19-15-22(2)16-20-26/h3-20H,1-2H3. The van der Waals surface area contributed by atoms with Gasteiger partial charge in [0.2, 0.25) is 0 Å². The van der Waals surface area contributed by atoms with E-state index >= 15 is 0 Å². The van der Waals surface area contributed by atoms with Crippen LogP contribution in [0.1, 0.15) is 11.1 Å². The van der Waals surface area contributed by atoms with Gasteiger partial charge in [-0.05, 0) is 34.6 Å². The lowest BCUT2D eigenvalue weighted by atomic mass is 10.2. The van der Waals surface area contributed by atoms with Crippen molar-refractivity contribution in [3.63, 3.8) is 0 Å². The van der Waals surface area contributed by atoms with Gasteiger partial charge in [-0.15, -0.1) is 0 Å². The Labute approximate surface area is 163 Å². The van der Waals surface area contributed by atoms with Crippen LogP contribution in [-0.2, 0) is 0 Å². The molecule has 0 aliphatic carbocycles. The molecule has 0 atom stereocenters. The van der Waals surface area contributed by atoms with Crippen LogP contribution in [0.25, 0.3) is 0 Å². The fraction of sp³-hybridized carbons (Fsp3) is 0.0769. The molecule has 132 valence electrons. The summed E-state index contributed by atoms with van der Waals surface area (Å²) >= 11 is 0. The van der Waals surface area contributed by atoms with Crippen molar-refractivity contribution in [1.29, 1.82) is 0 Å². The maximum atomic E-state index is 2.33. The first-order valence-corrected chi connectivity index (χ1v) is 11.5. The second kappa shape index (κ2) is 7.38. The van der Waals surface area contributed by atoms with Gasteiger partial charge in [-0.25, -0.2) is 0 Å². The summed E-state index contributed by atoms with van der Waals surface area (Å²) in [6, 6.07) is 40.4. The lowest BCUT2D eigenvalue weighted by Gasteiger charge is -2.34. The Bertz CT molecular complexity index is 914. The molecule has 0 saturated carbocycles. The van der Waals surface area contributed by atoms with Crippen molar-refractivity contribution >= 4 is 28.8 Å². The van der Waals surface area contributed by atoms with Crippen LogP contribution < -0.4 is 20.7 Å². The number of hydrogen-bond acceptors (Lipinski definition) is 0. The van der Waals surface area contributed by atoms with Gasteiger partial charge in [0.25, 0.3) is 0 Å². The summed E-state index contributed by atoms with van der Waals surface area (Å²) in [6.07, 6.45) is 0. The third-order valence-electron chi connectivity index (χ3n) is 5.38. The van der Waals surface area contributed by atoms with Gasteiger partial charge in [-0.1, -0.05) is 120 Å². The zero-order chi connectivity index (χ0) is 18.7. The van der Waals surface area contributed by atoms with Gasteiger partial charge in [0, 0.05) is 0 Å². The van der Waals surface area contributed by atoms with E-state index in [9.17, 15) is 0 Å². The van der Waals surface area contributed by atoms with E-state index < -0.39 is 8.07 Å². The first-order valence-electron chi connectivity index (χ1n) is 9.46. The third kappa shape index (κ3) is 3.15. The van der Waals surface area contributed by atoms with Crippen molar-refractivity contribution in [2.75, 3.05) is 0 Å². The SMILES string of the molecule is Cc1ccc([Si](c2ccccc2)(c2ccccc2)c2ccc(C)cc2)cc1. The van der Waals surface area contributed by atoms with Crippen LogP contribution in [-0.4, -0.2) is 8.07 Å². The molecular weight excluding hydrogens is 340 g/mol. The summed E-state index contributed by atoms with van der Waals surface area (Å²) in [4.78, 5) is 0. The number of aryl methyl sites for hydroxylation is 2. The molecule has 0 amide bonds. The van der Waals surface area contributed by atoms with Crippen LogP contribution >= 0.6 is 0 Å². The fourth-order valence-electron chi connectivity index (χ4n) is 3.98.